The van der Waals surface area contributed by atoms with Gasteiger partial charge >= 0.3 is 14.8 Å². The lowest BCUT2D eigenvalue weighted by molar-refractivity contribution is -0.134. The highest BCUT2D eigenvalue weighted by atomic mass is 28.4. The van der Waals surface area contributed by atoms with E-state index in [1.54, 1.807) is 21.3 Å². The highest BCUT2D eigenvalue weighted by molar-refractivity contribution is 6.60. The first-order valence-electron chi connectivity index (χ1n) is 11.0. The van der Waals surface area contributed by atoms with E-state index in [0.29, 0.717) is 17.7 Å². The molecule has 6 heteroatoms. The molecule has 0 atom stereocenters. The Morgan fingerprint density at radius 1 is 0.966 bits per heavy atom. The molecule has 0 spiro atoms. The molecule has 1 aliphatic carbocycles. The second-order valence-corrected chi connectivity index (χ2v) is 11.1. The monoisotopic (exact) mass is 422 g/mol. The lowest BCUT2D eigenvalue weighted by atomic mass is 9.77. The Balaban J connectivity index is 1.78. The lowest BCUT2D eigenvalue weighted by Gasteiger charge is -2.29. The molecule has 1 aliphatic rings. The third-order valence-electron chi connectivity index (χ3n) is 6.21. The van der Waals surface area contributed by atoms with Crippen molar-refractivity contribution in [3.05, 3.63) is 29.8 Å². The van der Waals surface area contributed by atoms with Crippen molar-refractivity contribution in [1.29, 1.82) is 0 Å². The predicted octanol–water partition coefficient (Wildman–Crippen LogP) is 5.71. The molecule has 29 heavy (non-hydrogen) atoms. The van der Waals surface area contributed by atoms with Crippen molar-refractivity contribution in [2.45, 2.75) is 76.7 Å². The standard InChI is InChI=1S/C23H38O5Si/c1-5-6-7-8-19-9-11-20(12-10-19)21-13-15-22(16-14-21)28-23(24)17-18-29(25-2,26-3)27-4/h13-16,19-20H,5-12,17-18H2,1-4H3. The maximum Gasteiger partial charge on any atom is 0.500 e. The summed E-state index contributed by atoms with van der Waals surface area (Å²) in [5.41, 5.74) is 1.36. The van der Waals surface area contributed by atoms with E-state index < -0.39 is 8.80 Å². The van der Waals surface area contributed by atoms with Crippen LogP contribution in [-0.2, 0) is 18.1 Å². The van der Waals surface area contributed by atoms with Gasteiger partial charge in [-0.15, -0.1) is 0 Å². The van der Waals surface area contributed by atoms with Gasteiger partial charge in [-0.1, -0.05) is 44.7 Å². The topological polar surface area (TPSA) is 54.0 Å². The molecule has 0 bridgehead atoms. The van der Waals surface area contributed by atoms with Crippen LogP contribution in [0.3, 0.4) is 0 Å². The van der Waals surface area contributed by atoms with Crippen molar-refractivity contribution >= 4 is 14.8 Å². The van der Waals surface area contributed by atoms with Gasteiger partial charge in [0.2, 0.25) is 0 Å². The quantitative estimate of drug-likeness (QED) is 0.187. The number of rotatable bonds is 12. The number of esters is 1. The van der Waals surface area contributed by atoms with Gasteiger partial charge in [0.1, 0.15) is 5.75 Å². The minimum atomic E-state index is -2.75. The molecule has 5 nitrogen and oxygen atoms in total. The largest absolute Gasteiger partial charge is 0.500 e. The van der Waals surface area contributed by atoms with Gasteiger partial charge in [0.15, 0.2) is 0 Å². The normalized spacial score (nSPS) is 19.9. The Bertz CT molecular complexity index is 584. The van der Waals surface area contributed by atoms with Gasteiger partial charge in [0.25, 0.3) is 0 Å². The molecule has 1 saturated carbocycles. The summed E-state index contributed by atoms with van der Waals surface area (Å²) in [7, 11) is 1.88. The third kappa shape index (κ3) is 7.52. The summed E-state index contributed by atoms with van der Waals surface area (Å²) in [5.74, 6) is 1.85. The van der Waals surface area contributed by atoms with E-state index in [4.69, 9.17) is 18.0 Å². The summed E-state index contributed by atoms with van der Waals surface area (Å²) in [4.78, 5) is 12.2. The summed E-state index contributed by atoms with van der Waals surface area (Å²) in [6, 6.07) is 8.45. The average molecular weight is 423 g/mol. The first-order chi connectivity index (χ1) is 14.1. The van der Waals surface area contributed by atoms with Crippen molar-refractivity contribution in [3.8, 4) is 5.75 Å². The third-order valence-corrected chi connectivity index (χ3v) is 8.94. The smallest absolute Gasteiger partial charge is 0.427 e. The maximum atomic E-state index is 12.2. The number of hydrogen-bond donors (Lipinski definition) is 0. The predicted molar refractivity (Wildman–Crippen MR) is 117 cm³/mol. The minimum absolute atomic E-state index is 0.200. The average Bonchev–Trinajstić information content (AvgIpc) is 2.76. The molecule has 0 aromatic heterocycles. The van der Waals surface area contributed by atoms with Crippen LogP contribution in [0.25, 0.3) is 0 Å². The Hall–Kier alpha value is -1.21. The van der Waals surface area contributed by atoms with Crippen LogP contribution in [0.15, 0.2) is 24.3 Å². The Morgan fingerprint density at radius 2 is 1.59 bits per heavy atom. The van der Waals surface area contributed by atoms with Crippen LogP contribution in [0.4, 0.5) is 0 Å². The van der Waals surface area contributed by atoms with E-state index in [0.717, 1.165) is 5.92 Å². The molecule has 0 radical (unpaired) electrons. The highest BCUT2D eigenvalue weighted by Gasteiger charge is 2.38. The number of carbonyl (C=O) groups excluding carboxylic acids is 1. The molecule has 0 amide bonds. The summed E-state index contributed by atoms with van der Waals surface area (Å²) in [6.45, 7) is 2.27. The van der Waals surface area contributed by atoms with Gasteiger partial charge in [-0.3, -0.25) is 4.79 Å². The van der Waals surface area contributed by atoms with Crippen molar-refractivity contribution in [2.24, 2.45) is 5.92 Å². The molecule has 2 rings (SSSR count). The second-order valence-electron chi connectivity index (χ2n) is 8.05. The first kappa shape index (κ1) is 24.1. The van der Waals surface area contributed by atoms with E-state index in [9.17, 15) is 4.79 Å². The van der Waals surface area contributed by atoms with Crippen LogP contribution in [0.5, 0.6) is 5.75 Å². The molecular weight excluding hydrogens is 384 g/mol. The van der Waals surface area contributed by atoms with Crippen LogP contribution >= 0.6 is 0 Å². The molecule has 0 saturated heterocycles. The van der Waals surface area contributed by atoms with Gasteiger partial charge in [0, 0.05) is 27.4 Å². The summed E-state index contributed by atoms with van der Waals surface area (Å²) < 4.78 is 21.5. The number of unbranched alkanes of at least 4 members (excludes halogenated alkanes) is 2. The van der Waals surface area contributed by atoms with Gasteiger partial charge in [0.05, 0.1) is 6.42 Å². The molecule has 0 unspecified atom stereocenters. The molecule has 1 aromatic rings. The molecule has 1 aromatic carbocycles. The molecular formula is C23H38O5Si. The van der Waals surface area contributed by atoms with Crippen molar-refractivity contribution in [1.82, 2.24) is 0 Å². The zero-order chi connectivity index (χ0) is 21.1. The van der Waals surface area contributed by atoms with Crippen molar-refractivity contribution in [3.63, 3.8) is 0 Å². The van der Waals surface area contributed by atoms with Crippen LogP contribution in [0, 0.1) is 5.92 Å². The van der Waals surface area contributed by atoms with Crippen LogP contribution < -0.4 is 4.74 Å². The lowest BCUT2D eigenvalue weighted by Crippen LogP contribution is -2.43. The second kappa shape index (κ2) is 12.5. The number of carbonyl (C=O) groups is 1. The van der Waals surface area contributed by atoms with E-state index in [1.165, 1.54) is 56.9 Å². The Kier molecular flexibility index (Phi) is 10.3. The van der Waals surface area contributed by atoms with Crippen LogP contribution in [0.1, 0.15) is 76.2 Å². The number of ether oxygens (including phenoxy) is 1. The molecule has 164 valence electrons. The fraction of sp³-hybridized carbons (Fsp3) is 0.696. The highest BCUT2D eigenvalue weighted by Crippen LogP contribution is 2.38. The zero-order valence-electron chi connectivity index (χ0n) is 18.6. The zero-order valence-corrected chi connectivity index (χ0v) is 19.6. The van der Waals surface area contributed by atoms with Gasteiger partial charge in [-0.05, 0) is 55.2 Å². The van der Waals surface area contributed by atoms with Gasteiger partial charge in [-0.25, -0.2) is 0 Å². The summed E-state index contributed by atoms with van der Waals surface area (Å²) in [5, 5.41) is 0. The van der Waals surface area contributed by atoms with Crippen LogP contribution in [0.2, 0.25) is 6.04 Å². The number of hydrogen-bond acceptors (Lipinski definition) is 5. The van der Waals surface area contributed by atoms with Gasteiger partial charge < -0.3 is 18.0 Å². The van der Waals surface area contributed by atoms with E-state index in [2.05, 4.69) is 19.1 Å². The van der Waals surface area contributed by atoms with E-state index in [-0.39, 0.29) is 12.4 Å². The van der Waals surface area contributed by atoms with E-state index >= 15 is 0 Å². The van der Waals surface area contributed by atoms with E-state index in [1.807, 2.05) is 12.1 Å². The van der Waals surface area contributed by atoms with Gasteiger partial charge in [-0.2, -0.15) is 0 Å². The molecule has 0 aliphatic heterocycles. The molecule has 0 N–H and O–H groups in total. The fourth-order valence-electron chi connectivity index (χ4n) is 4.27. The van der Waals surface area contributed by atoms with Crippen LogP contribution in [-0.4, -0.2) is 36.1 Å². The van der Waals surface area contributed by atoms with Crippen molar-refractivity contribution in [2.75, 3.05) is 21.3 Å². The summed E-state index contributed by atoms with van der Waals surface area (Å²) in [6.07, 6.45) is 10.9. The summed E-state index contributed by atoms with van der Waals surface area (Å²) >= 11 is 0. The maximum absolute atomic E-state index is 12.2. The fourth-order valence-corrected chi connectivity index (χ4v) is 5.89. The minimum Gasteiger partial charge on any atom is -0.427 e. The Labute approximate surface area is 177 Å². The molecule has 0 heterocycles. The Morgan fingerprint density at radius 3 is 2.14 bits per heavy atom. The SMILES string of the molecule is CCCCCC1CCC(c2ccc(OC(=O)CC[Si](OC)(OC)OC)cc2)CC1. The first-order valence-corrected chi connectivity index (χ1v) is 12.9. The number of benzene rings is 1. The molecule has 1 fully saturated rings. The van der Waals surface area contributed by atoms with Crippen molar-refractivity contribution < 1.29 is 22.8 Å².